The molecular weight excluding hydrogens is 252 g/mol. The SMILES string of the molecule is CC(=O)NCCNC(=O)c1ccc(C#CCO)s1. The Labute approximate surface area is 109 Å². The largest absolute Gasteiger partial charge is 0.384 e. The quantitative estimate of drug-likeness (QED) is 0.528. The predicted octanol–water partition coefficient (Wildman–Crippen LogP) is -0.0422. The van der Waals surface area contributed by atoms with Crippen molar-refractivity contribution in [3.8, 4) is 11.8 Å². The van der Waals surface area contributed by atoms with Crippen LogP contribution >= 0.6 is 11.3 Å². The highest BCUT2D eigenvalue weighted by Crippen LogP contribution is 2.14. The van der Waals surface area contributed by atoms with Crippen molar-refractivity contribution >= 4 is 23.2 Å². The summed E-state index contributed by atoms with van der Waals surface area (Å²) in [4.78, 5) is 23.6. The molecule has 0 saturated heterocycles. The first-order valence-corrected chi connectivity index (χ1v) is 6.17. The number of hydrogen-bond acceptors (Lipinski definition) is 4. The molecule has 5 nitrogen and oxygen atoms in total. The smallest absolute Gasteiger partial charge is 0.261 e. The number of thiophene rings is 1. The van der Waals surface area contributed by atoms with E-state index < -0.39 is 0 Å². The summed E-state index contributed by atoms with van der Waals surface area (Å²) in [5, 5.41) is 13.8. The van der Waals surface area contributed by atoms with Gasteiger partial charge in [-0.3, -0.25) is 9.59 Å². The van der Waals surface area contributed by atoms with Crippen LogP contribution in [-0.2, 0) is 4.79 Å². The van der Waals surface area contributed by atoms with Crippen LogP contribution in [0.5, 0.6) is 0 Å². The lowest BCUT2D eigenvalue weighted by atomic mass is 10.4. The molecule has 3 N–H and O–H groups in total. The van der Waals surface area contributed by atoms with Crippen molar-refractivity contribution < 1.29 is 14.7 Å². The molecule has 0 unspecified atom stereocenters. The number of hydrogen-bond donors (Lipinski definition) is 3. The van der Waals surface area contributed by atoms with Gasteiger partial charge in [-0.05, 0) is 12.1 Å². The van der Waals surface area contributed by atoms with Crippen molar-refractivity contribution in [2.45, 2.75) is 6.92 Å². The van der Waals surface area contributed by atoms with Gasteiger partial charge in [-0.1, -0.05) is 11.8 Å². The van der Waals surface area contributed by atoms with Crippen LogP contribution in [0.3, 0.4) is 0 Å². The number of amides is 2. The monoisotopic (exact) mass is 266 g/mol. The molecule has 0 aliphatic rings. The lowest BCUT2D eigenvalue weighted by Gasteiger charge is -2.03. The fourth-order valence-electron chi connectivity index (χ4n) is 1.16. The summed E-state index contributed by atoms with van der Waals surface area (Å²) in [6, 6.07) is 3.41. The molecule has 1 aromatic rings. The topological polar surface area (TPSA) is 78.4 Å². The third-order valence-corrected chi connectivity index (χ3v) is 2.90. The van der Waals surface area contributed by atoms with E-state index in [1.807, 2.05) is 0 Å². The second kappa shape index (κ2) is 7.48. The van der Waals surface area contributed by atoms with E-state index in [0.717, 1.165) is 4.88 Å². The maximum absolute atomic E-state index is 11.7. The number of aliphatic hydroxyl groups is 1. The van der Waals surface area contributed by atoms with Crippen molar-refractivity contribution in [2.75, 3.05) is 19.7 Å². The fourth-order valence-corrected chi connectivity index (χ4v) is 1.95. The fraction of sp³-hybridized carbons (Fsp3) is 0.333. The van der Waals surface area contributed by atoms with Crippen LogP contribution < -0.4 is 10.6 Å². The van der Waals surface area contributed by atoms with Gasteiger partial charge in [0.25, 0.3) is 5.91 Å². The lowest BCUT2D eigenvalue weighted by Crippen LogP contribution is -2.33. The molecule has 0 aliphatic carbocycles. The van der Waals surface area contributed by atoms with E-state index in [2.05, 4.69) is 22.5 Å². The molecule has 96 valence electrons. The third kappa shape index (κ3) is 4.99. The molecular formula is C12H14N2O3S. The molecule has 18 heavy (non-hydrogen) atoms. The number of carbonyl (C=O) groups excluding carboxylic acids is 2. The molecule has 0 aromatic carbocycles. The highest BCUT2D eigenvalue weighted by Gasteiger charge is 2.07. The van der Waals surface area contributed by atoms with Gasteiger partial charge in [0, 0.05) is 20.0 Å². The zero-order valence-electron chi connectivity index (χ0n) is 9.95. The van der Waals surface area contributed by atoms with Gasteiger partial charge in [0.1, 0.15) is 6.61 Å². The van der Waals surface area contributed by atoms with Crippen LogP contribution in [0.4, 0.5) is 0 Å². The second-order valence-corrected chi connectivity index (χ2v) is 4.45. The molecule has 0 aliphatic heterocycles. The Morgan fingerprint density at radius 1 is 1.33 bits per heavy atom. The first kappa shape index (κ1) is 14.2. The molecule has 2 amide bonds. The van der Waals surface area contributed by atoms with E-state index >= 15 is 0 Å². The van der Waals surface area contributed by atoms with Crippen LogP contribution in [0.25, 0.3) is 0 Å². The van der Waals surface area contributed by atoms with Gasteiger partial charge < -0.3 is 15.7 Å². The molecule has 1 rings (SSSR count). The van der Waals surface area contributed by atoms with E-state index in [4.69, 9.17) is 5.11 Å². The number of carbonyl (C=O) groups is 2. The summed E-state index contributed by atoms with van der Waals surface area (Å²) in [5.41, 5.74) is 0. The summed E-state index contributed by atoms with van der Waals surface area (Å²) in [5.74, 6) is 4.94. The van der Waals surface area contributed by atoms with Crippen molar-refractivity contribution in [2.24, 2.45) is 0 Å². The van der Waals surface area contributed by atoms with Crippen LogP contribution in [0.2, 0.25) is 0 Å². The minimum absolute atomic E-state index is 0.123. The van der Waals surface area contributed by atoms with Crippen LogP contribution in [-0.4, -0.2) is 36.6 Å². The maximum Gasteiger partial charge on any atom is 0.261 e. The summed E-state index contributed by atoms with van der Waals surface area (Å²) in [6.07, 6.45) is 0. The standard InChI is InChI=1S/C12H14N2O3S/c1-9(16)13-6-7-14-12(17)11-5-4-10(18-11)3-2-8-15/h4-5,15H,6-8H2,1H3,(H,13,16)(H,14,17). The molecule has 0 saturated carbocycles. The van der Waals surface area contributed by atoms with Gasteiger partial charge in [-0.15, -0.1) is 11.3 Å². The van der Waals surface area contributed by atoms with E-state index in [1.54, 1.807) is 12.1 Å². The predicted molar refractivity (Wildman–Crippen MR) is 69.3 cm³/mol. The van der Waals surface area contributed by atoms with E-state index in [0.29, 0.717) is 18.0 Å². The molecule has 1 heterocycles. The average molecular weight is 266 g/mol. The summed E-state index contributed by atoms with van der Waals surface area (Å²) in [6.45, 7) is 2.01. The van der Waals surface area contributed by atoms with E-state index in [9.17, 15) is 9.59 Å². The summed E-state index contributed by atoms with van der Waals surface area (Å²) < 4.78 is 0. The third-order valence-electron chi connectivity index (χ3n) is 1.90. The maximum atomic E-state index is 11.7. The summed E-state index contributed by atoms with van der Waals surface area (Å²) >= 11 is 1.26. The van der Waals surface area contributed by atoms with E-state index in [1.165, 1.54) is 18.3 Å². The Hall–Kier alpha value is -1.84. The molecule has 1 aromatic heterocycles. The first-order chi connectivity index (χ1) is 8.63. The zero-order chi connectivity index (χ0) is 13.4. The second-order valence-electron chi connectivity index (χ2n) is 3.36. The van der Waals surface area contributed by atoms with Gasteiger partial charge in [0.05, 0.1) is 9.75 Å². The first-order valence-electron chi connectivity index (χ1n) is 5.35. The molecule has 0 fully saturated rings. The Balaban J connectivity index is 2.42. The van der Waals surface area contributed by atoms with Crippen molar-refractivity contribution in [1.82, 2.24) is 10.6 Å². The zero-order valence-corrected chi connectivity index (χ0v) is 10.8. The Morgan fingerprint density at radius 2 is 2.06 bits per heavy atom. The number of rotatable bonds is 4. The molecule has 0 radical (unpaired) electrons. The van der Waals surface area contributed by atoms with Crippen molar-refractivity contribution in [3.63, 3.8) is 0 Å². The van der Waals surface area contributed by atoms with Gasteiger partial charge in [-0.25, -0.2) is 0 Å². The Morgan fingerprint density at radius 3 is 2.72 bits per heavy atom. The highest BCUT2D eigenvalue weighted by molar-refractivity contribution is 7.14. The average Bonchev–Trinajstić information content (AvgIpc) is 2.80. The Kier molecular flexibility index (Phi) is 5.91. The summed E-state index contributed by atoms with van der Waals surface area (Å²) in [7, 11) is 0. The molecule has 0 atom stereocenters. The van der Waals surface area contributed by atoms with Crippen molar-refractivity contribution in [1.29, 1.82) is 0 Å². The van der Waals surface area contributed by atoms with Gasteiger partial charge >= 0.3 is 0 Å². The van der Waals surface area contributed by atoms with Crippen LogP contribution in [0, 0.1) is 11.8 Å². The van der Waals surface area contributed by atoms with Crippen LogP contribution in [0.15, 0.2) is 12.1 Å². The minimum Gasteiger partial charge on any atom is -0.384 e. The van der Waals surface area contributed by atoms with Gasteiger partial charge in [-0.2, -0.15) is 0 Å². The lowest BCUT2D eigenvalue weighted by molar-refractivity contribution is -0.118. The van der Waals surface area contributed by atoms with Gasteiger partial charge in [0.15, 0.2) is 0 Å². The van der Waals surface area contributed by atoms with Crippen molar-refractivity contribution in [3.05, 3.63) is 21.9 Å². The van der Waals surface area contributed by atoms with Crippen LogP contribution in [0.1, 0.15) is 21.5 Å². The van der Waals surface area contributed by atoms with E-state index in [-0.39, 0.29) is 18.4 Å². The molecule has 0 bridgehead atoms. The van der Waals surface area contributed by atoms with Gasteiger partial charge in [0.2, 0.25) is 5.91 Å². The molecule has 0 spiro atoms. The number of nitrogens with one attached hydrogen (secondary N) is 2. The highest BCUT2D eigenvalue weighted by atomic mass is 32.1. The minimum atomic E-state index is -0.198. The molecule has 6 heteroatoms. The normalized spacial score (nSPS) is 9.22. The number of aliphatic hydroxyl groups excluding tert-OH is 1. The Bertz CT molecular complexity index is 485.